The van der Waals surface area contributed by atoms with Crippen LogP contribution >= 0.6 is 0 Å². The molecule has 0 amide bonds. The first-order valence-electron chi connectivity index (χ1n) is 8.87. The largest absolute Gasteiger partial charge is 0.438 e. The van der Waals surface area contributed by atoms with Crippen molar-refractivity contribution < 1.29 is 14.3 Å². The molecule has 122 valence electrons. The number of ether oxygens (including phenoxy) is 2. The van der Waals surface area contributed by atoms with Crippen molar-refractivity contribution in [3.8, 4) is 0 Å². The van der Waals surface area contributed by atoms with Crippen molar-refractivity contribution in [1.29, 1.82) is 0 Å². The summed E-state index contributed by atoms with van der Waals surface area (Å²) in [5.74, 6) is 4.68. The molecule has 3 heteroatoms. The molecule has 0 saturated heterocycles. The van der Waals surface area contributed by atoms with Crippen molar-refractivity contribution in [3.05, 3.63) is 12.2 Å². The molecule has 0 heterocycles. The van der Waals surface area contributed by atoms with Gasteiger partial charge in [-0.2, -0.15) is 0 Å². The lowest BCUT2D eigenvalue weighted by Crippen LogP contribution is -2.35. The Morgan fingerprint density at radius 2 is 1.82 bits per heavy atom. The molecular weight excluding hydrogens is 276 g/mol. The molecular formula is C19H28O3. The Kier molecular flexibility index (Phi) is 3.41. The van der Waals surface area contributed by atoms with Crippen LogP contribution in [0.5, 0.6) is 0 Å². The molecule has 4 aliphatic carbocycles. The fraction of sp³-hybridized carbons (Fsp3) is 0.842. The van der Waals surface area contributed by atoms with Crippen molar-refractivity contribution >= 4 is 5.97 Å². The van der Waals surface area contributed by atoms with Gasteiger partial charge in [0.1, 0.15) is 0 Å². The molecule has 0 aromatic rings. The van der Waals surface area contributed by atoms with E-state index in [1.165, 1.54) is 12.8 Å². The number of carbonyl (C=O) groups is 1. The highest BCUT2D eigenvalue weighted by Gasteiger charge is 2.62. The number of esters is 1. The Labute approximate surface area is 133 Å². The van der Waals surface area contributed by atoms with Crippen LogP contribution in [-0.4, -0.2) is 19.4 Å². The average molecular weight is 304 g/mol. The molecule has 3 fully saturated rings. The maximum absolute atomic E-state index is 12.4. The average Bonchev–Trinajstić information content (AvgIpc) is 3.18. The van der Waals surface area contributed by atoms with Crippen LogP contribution < -0.4 is 0 Å². The van der Waals surface area contributed by atoms with Crippen LogP contribution in [-0.2, 0) is 14.3 Å². The van der Waals surface area contributed by atoms with Crippen LogP contribution in [0.4, 0.5) is 0 Å². The lowest BCUT2D eigenvalue weighted by atomic mass is 9.69. The van der Waals surface area contributed by atoms with Crippen molar-refractivity contribution in [1.82, 2.24) is 0 Å². The molecule has 4 aliphatic rings. The van der Waals surface area contributed by atoms with Crippen LogP contribution in [0.1, 0.15) is 40.0 Å². The van der Waals surface area contributed by atoms with E-state index in [9.17, 15) is 4.79 Å². The van der Waals surface area contributed by atoms with Crippen LogP contribution in [0.15, 0.2) is 12.2 Å². The van der Waals surface area contributed by atoms with Gasteiger partial charge >= 0.3 is 5.97 Å². The van der Waals surface area contributed by atoms with Gasteiger partial charge in [-0.1, -0.05) is 32.9 Å². The van der Waals surface area contributed by atoms with Gasteiger partial charge < -0.3 is 9.47 Å². The second kappa shape index (κ2) is 5.09. The fourth-order valence-corrected chi connectivity index (χ4v) is 5.84. The lowest BCUT2D eigenvalue weighted by Gasteiger charge is -2.35. The molecule has 22 heavy (non-hydrogen) atoms. The van der Waals surface area contributed by atoms with E-state index in [1.54, 1.807) is 0 Å². The van der Waals surface area contributed by atoms with Crippen LogP contribution in [0.3, 0.4) is 0 Å². The number of carbonyl (C=O) groups excluding carboxylic acids is 1. The van der Waals surface area contributed by atoms with E-state index >= 15 is 0 Å². The maximum Gasteiger partial charge on any atom is 0.311 e. The molecule has 7 unspecified atom stereocenters. The number of allylic oxidation sites excluding steroid dienone is 2. The summed E-state index contributed by atoms with van der Waals surface area (Å²) in [6.07, 6.45) is 8.52. The van der Waals surface area contributed by atoms with Gasteiger partial charge in [0.2, 0.25) is 0 Å². The van der Waals surface area contributed by atoms with Crippen molar-refractivity contribution in [3.63, 3.8) is 0 Å². The summed E-state index contributed by atoms with van der Waals surface area (Å²) in [5.41, 5.74) is 0.113. The highest BCUT2D eigenvalue weighted by atomic mass is 16.7. The van der Waals surface area contributed by atoms with Gasteiger partial charge in [-0.15, -0.1) is 0 Å². The zero-order chi connectivity index (χ0) is 15.5. The Morgan fingerprint density at radius 3 is 2.55 bits per heavy atom. The normalized spacial score (nSPS) is 44.6. The molecule has 4 bridgehead atoms. The third kappa shape index (κ3) is 2.33. The summed E-state index contributed by atoms with van der Waals surface area (Å²) in [5, 5.41) is 0. The van der Waals surface area contributed by atoms with Gasteiger partial charge in [-0.05, 0) is 60.2 Å². The Bertz CT molecular complexity index is 489. The smallest absolute Gasteiger partial charge is 0.311 e. The highest BCUT2D eigenvalue weighted by molar-refractivity contribution is 5.73. The Balaban J connectivity index is 1.32. The summed E-state index contributed by atoms with van der Waals surface area (Å²) in [4.78, 5) is 12.4. The first-order chi connectivity index (χ1) is 10.4. The first-order valence-corrected chi connectivity index (χ1v) is 8.87. The SMILES string of the molecule is CC(C)(C)COCOC(=O)C1CC2CC1C1C3C=CC(C3)C21. The topological polar surface area (TPSA) is 35.5 Å². The summed E-state index contributed by atoms with van der Waals surface area (Å²) >= 11 is 0. The van der Waals surface area contributed by atoms with E-state index in [-0.39, 0.29) is 24.1 Å². The van der Waals surface area contributed by atoms with E-state index in [2.05, 4.69) is 32.9 Å². The van der Waals surface area contributed by atoms with Gasteiger partial charge in [0.05, 0.1) is 12.5 Å². The minimum Gasteiger partial charge on any atom is -0.438 e. The monoisotopic (exact) mass is 304 g/mol. The lowest BCUT2D eigenvalue weighted by molar-refractivity contribution is -0.166. The fourth-order valence-electron chi connectivity index (χ4n) is 5.84. The Morgan fingerprint density at radius 1 is 1.09 bits per heavy atom. The van der Waals surface area contributed by atoms with Gasteiger partial charge in [-0.3, -0.25) is 4.79 Å². The standard InChI is InChI=1S/C19H28O3/c1-19(2,3)9-21-10-22-18(20)15-8-13-7-14(15)17-12-5-4-11(6-12)16(13)17/h4-5,11-17H,6-10H2,1-3H3. The molecule has 4 rings (SSSR count). The molecule has 7 atom stereocenters. The summed E-state index contributed by atoms with van der Waals surface area (Å²) < 4.78 is 10.9. The molecule has 0 aliphatic heterocycles. The summed E-state index contributed by atoms with van der Waals surface area (Å²) in [6.45, 7) is 7.09. The third-order valence-corrected chi connectivity index (χ3v) is 6.39. The zero-order valence-electron chi connectivity index (χ0n) is 14.0. The molecule has 0 aromatic carbocycles. The van der Waals surface area contributed by atoms with E-state index in [1.807, 2.05) is 0 Å². The predicted octanol–water partition coefficient (Wildman–Crippen LogP) is 3.64. The van der Waals surface area contributed by atoms with Crippen LogP contribution in [0.2, 0.25) is 0 Å². The number of hydrogen-bond donors (Lipinski definition) is 0. The maximum atomic E-state index is 12.4. The van der Waals surface area contributed by atoms with E-state index in [0.29, 0.717) is 12.5 Å². The van der Waals surface area contributed by atoms with Crippen LogP contribution in [0.25, 0.3) is 0 Å². The molecule has 3 saturated carbocycles. The number of rotatable bonds is 4. The second-order valence-corrected chi connectivity index (χ2v) is 9.10. The molecule has 0 radical (unpaired) electrons. The van der Waals surface area contributed by atoms with Gasteiger partial charge in [-0.25, -0.2) is 0 Å². The van der Waals surface area contributed by atoms with Crippen molar-refractivity contribution in [2.45, 2.75) is 40.0 Å². The van der Waals surface area contributed by atoms with Gasteiger partial charge in [0.15, 0.2) is 6.79 Å². The number of fused-ring (bicyclic) bond motifs is 9. The predicted molar refractivity (Wildman–Crippen MR) is 83.8 cm³/mol. The highest BCUT2D eigenvalue weighted by Crippen LogP contribution is 2.67. The molecule has 3 nitrogen and oxygen atoms in total. The summed E-state index contributed by atoms with van der Waals surface area (Å²) in [7, 11) is 0. The van der Waals surface area contributed by atoms with E-state index in [0.717, 1.165) is 36.0 Å². The third-order valence-electron chi connectivity index (χ3n) is 6.39. The Hall–Kier alpha value is -0.830. The first kappa shape index (κ1) is 14.7. The minimum absolute atomic E-state index is 0.00777. The van der Waals surface area contributed by atoms with Crippen LogP contribution in [0, 0.1) is 46.8 Å². The molecule has 0 N–H and O–H groups in total. The molecule has 0 aromatic heterocycles. The van der Waals surface area contributed by atoms with Gasteiger partial charge in [0, 0.05) is 0 Å². The van der Waals surface area contributed by atoms with E-state index < -0.39 is 0 Å². The summed E-state index contributed by atoms with van der Waals surface area (Å²) in [6, 6.07) is 0. The minimum atomic E-state index is -0.00777. The number of hydrogen-bond acceptors (Lipinski definition) is 3. The molecule has 0 spiro atoms. The second-order valence-electron chi connectivity index (χ2n) is 9.10. The van der Waals surface area contributed by atoms with Crippen molar-refractivity contribution in [2.24, 2.45) is 46.8 Å². The van der Waals surface area contributed by atoms with Crippen molar-refractivity contribution in [2.75, 3.05) is 13.4 Å². The zero-order valence-corrected chi connectivity index (χ0v) is 14.0. The van der Waals surface area contributed by atoms with Gasteiger partial charge in [0.25, 0.3) is 0 Å². The quantitative estimate of drug-likeness (QED) is 0.261. The van der Waals surface area contributed by atoms with E-state index in [4.69, 9.17) is 9.47 Å².